The van der Waals surface area contributed by atoms with Crippen molar-refractivity contribution in [1.29, 1.82) is 0 Å². The average molecular weight is 314 g/mol. The summed E-state index contributed by atoms with van der Waals surface area (Å²) in [6.07, 6.45) is 3.46. The first kappa shape index (κ1) is 15.3. The van der Waals surface area contributed by atoms with Gasteiger partial charge in [-0.05, 0) is 6.07 Å². The number of nitrogens with one attached hydrogen (secondary N) is 1. The van der Waals surface area contributed by atoms with E-state index in [1.54, 1.807) is 6.33 Å². The Balaban J connectivity index is 1.58. The molecular formula is C16H22N6O. The van der Waals surface area contributed by atoms with E-state index >= 15 is 0 Å². The molecule has 0 saturated heterocycles. The lowest BCUT2D eigenvalue weighted by molar-refractivity contribution is 0.262. The van der Waals surface area contributed by atoms with Crippen LogP contribution < -0.4 is 15.8 Å². The number of nitrogens with two attached hydrogens (primary N) is 1. The Morgan fingerprint density at radius 2 is 2.35 bits per heavy atom. The van der Waals surface area contributed by atoms with E-state index in [1.165, 1.54) is 0 Å². The third kappa shape index (κ3) is 3.61. The molecule has 1 unspecified atom stereocenters. The molecule has 1 aromatic heterocycles. The fraction of sp³-hybridized carbons (Fsp3) is 0.438. The number of benzene rings is 1. The minimum absolute atomic E-state index is 0.143. The Labute approximate surface area is 135 Å². The highest BCUT2D eigenvalue weighted by atomic mass is 16.5. The van der Waals surface area contributed by atoms with E-state index < -0.39 is 0 Å². The molecule has 7 heteroatoms. The Hall–Kier alpha value is -2.57. The van der Waals surface area contributed by atoms with Gasteiger partial charge in [-0.1, -0.05) is 25.1 Å². The molecule has 1 aliphatic rings. The van der Waals surface area contributed by atoms with Crippen LogP contribution in [0, 0.1) is 0 Å². The molecule has 0 bridgehead atoms. The summed E-state index contributed by atoms with van der Waals surface area (Å²) in [5.74, 6) is 2.34. The monoisotopic (exact) mass is 314 g/mol. The molecule has 2 heterocycles. The van der Waals surface area contributed by atoms with Gasteiger partial charge >= 0.3 is 0 Å². The van der Waals surface area contributed by atoms with E-state index in [4.69, 9.17) is 10.5 Å². The molecule has 0 saturated carbocycles. The predicted molar refractivity (Wildman–Crippen MR) is 88.3 cm³/mol. The normalized spacial score (nSPS) is 17.4. The van der Waals surface area contributed by atoms with Gasteiger partial charge < -0.3 is 20.4 Å². The summed E-state index contributed by atoms with van der Waals surface area (Å²) >= 11 is 0. The van der Waals surface area contributed by atoms with Gasteiger partial charge in [-0.2, -0.15) is 0 Å². The van der Waals surface area contributed by atoms with E-state index in [1.807, 2.05) is 22.8 Å². The summed E-state index contributed by atoms with van der Waals surface area (Å²) in [6, 6.07) is 8.17. The maximum absolute atomic E-state index is 6.03. The zero-order valence-corrected chi connectivity index (χ0v) is 13.3. The van der Waals surface area contributed by atoms with Crippen LogP contribution in [0.5, 0.6) is 5.75 Å². The van der Waals surface area contributed by atoms with Crippen LogP contribution in [0.3, 0.4) is 0 Å². The summed E-state index contributed by atoms with van der Waals surface area (Å²) in [4.78, 5) is 4.41. The molecule has 2 aromatic rings. The van der Waals surface area contributed by atoms with Crippen LogP contribution in [0.25, 0.3) is 0 Å². The number of hydrogen-bond donors (Lipinski definition) is 2. The van der Waals surface area contributed by atoms with Crippen molar-refractivity contribution in [2.75, 3.05) is 13.2 Å². The van der Waals surface area contributed by atoms with Crippen molar-refractivity contribution in [3.05, 3.63) is 42.0 Å². The van der Waals surface area contributed by atoms with Crippen molar-refractivity contribution in [3.8, 4) is 5.75 Å². The number of aromatic nitrogens is 3. The highest BCUT2D eigenvalue weighted by molar-refractivity contribution is 5.78. The maximum Gasteiger partial charge on any atom is 0.189 e. The largest absolute Gasteiger partial charge is 0.493 e. The Morgan fingerprint density at radius 3 is 3.22 bits per heavy atom. The first-order chi connectivity index (χ1) is 11.3. The van der Waals surface area contributed by atoms with Gasteiger partial charge in [-0.3, -0.25) is 4.99 Å². The molecular weight excluding hydrogens is 292 g/mol. The fourth-order valence-electron chi connectivity index (χ4n) is 2.73. The molecule has 1 aliphatic heterocycles. The number of fused-ring (bicyclic) bond motifs is 1. The van der Waals surface area contributed by atoms with Crippen LogP contribution in [0.1, 0.15) is 30.8 Å². The van der Waals surface area contributed by atoms with Crippen molar-refractivity contribution in [2.24, 2.45) is 10.7 Å². The first-order valence-corrected chi connectivity index (χ1v) is 7.92. The van der Waals surface area contributed by atoms with Gasteiger partial charge in [0.05, 0.1) is 19.2 Å². The summed E-state index contributed by atoms with van der Waals surface area (Å²) in [6.45, 7) is 4.06. The highest BCUT2D eigenvalue weighted by Crippen LogP contribution is 2.31. The lowest BCUT2D eigenvalue weighted by atomic mass is 10.0. The topological polar surface area (TPSA) is 90.4 Å². The number of rotatable bonds is 5. The first-order valence-electron chi connectivity index (χ1n) is 7.92. The summed E-state index contributed by atoms with van der Waals surface area (Å²) < 4.78 is 7.65. The molecule has 0 amide bonds. The number of para-hydroxylation sites is 1. The van der Waals surface area contributed by atoms with Gasteiger partial charge in [0, 0.05) is 24.9 Å². The van der Waals surface area contributed by atoms with Gasteiger partial charge in [-0.15, -0.1) is 10.2 Å². The lowest BCUT2D eigenvalue weighted by Crippen LogP contribution is -2.37. The maximum atomic E-state index is 6.03. The summed E-state index contributed by atoms with van der Waals surface area (Å²) in [5.41, 5.74) is 7.16. The lowest BCUT2D eigenvalue weighted by Gasteiger charge is -2.26. The third-order valence-corrected chi connectivity index (χ3v) is 3.92. The fourth-order valence-corrected chi connectivity index (χ4v) is 2.73. The van der Waals surface area contributed by atoms with E-state index in [0.29, 0.717) is 19.1 Å². The Bertz CT molecular complexity index is 681. The summed E-state index contributed by atoms with van der Waals surface area (Å²) in [7, 11) is 0. The van der Waals surface area contributed by atoms with Crippen LogP contribution >= 0.6 is 0 Å². The number of ether oxygens (including phenoxy) is 1. The molecule has 23 heavy (non-hydrogen) atoms. The van der Waals surface area contributed by atoms with Crippen LogP contribution in [0.15, 0.2) is 35.6 Å². The highest BCUT2D eigenvalue weighted by Gasteiger charge is 2.21. The van der Waals surface area contributed by atoms with Crippen LogP contribution in [-0.4, -0.2) is 33.9 Å². The second kappa shape index (κ2) is 7.13. The molecule has 0 fully saturated rings. The van der Waals surface area contributed by atoms with Crippen LogP contribution in [0.2, 0.25) is 0 Å². The third-order valence-electron chi connectivity index (χ3n) is 3.92. The zero-order chi connectivity index (χ0) is 16.1. The van der Waals surface area contributed by atoms with Gasteiger partial charge in [0.1, 0.15) is 17.9 Å². The number of hydrogen-bond acceptors (Lipinski definition) is 4. The number of aryl methyl sites for hydroxylation is 1. The van der Waals surface area contributed by atoms with E-state index in [-0.39, 0.29) is 6.04 Å². The van der Waals surface area contributed by atoms with Gasteiger partial charge in [-0.25, -0.2) is 0 Å². The number of nitrogens with zero attached hydrogens (tertiary/aromatic N) is 4. The summed E-state index contributed by atoms with van der Waals surface area (Å²) in [5, 5.41) is 11.3. The van der Waals surface area contributed by atoms with Gasteiger partial charge in [0.25, 0.3) is 0 Å². The van der Waals surface area contributed by atoms with Crippen LogP contribution in [0.4, 0.5) is 0 Å². The molecule has 0 aliphatic carbocycles. The SMILES string of the molecule is CCc1nncn1CCN=C(N)NC1CCOc2ccccc21. The molecule has 3 N–H and O–H groups in total. The van der Waals surface area contributed by atoms with Gasteiger partial charge in [0.15, 0.2) is 5.96 Å². The van der Waals surface area contributed by atoms with E-state index in [0.717, 1.165) is 36.5 Å². The molecule has 1 aromatic carbocycles. The Morgan fingerprint density at radius 1 is 1.48 bits per heavy atom. The second-order valence-corrected chi connectivity index (χ2v) is 5.43. The van der Waals surface area contributed by atoms with Crippen molar-refractivity contribution in [1.82, 2.24) is 20.1 Å². The second-order valence-electron chi connectivity index (χ2n) is 5.43. The van der Waals surface area contributed by atoms with E-state index in [2.05, 4.69) is 33.5 Å². The molecule has 7 nitrogen and oxygen atoms in total. The average Bonchev–Trinajstić information content (AvgIpc) is 3.03. The molecule has 1 atom stereocenters. The van der Waals surface area contributed by atoms with Crippen molar-refractivity contribution < 1.29 is 4.74 Å². The molecule has 0 radical (unpaired) electrons. The standard InChI is InChI=1S/C16H22N6O/c1-2-15-21-19-11-22(15)9-8-18-16(17)20-13-7-10-23-14-6-4-3-5-12(13)14/h3-6,11,13H,2,7-10H2,1H3,(H3,17,18,20). The molecule has 3 rings (SSSR count). The number of aliphatic imine (C=N–C) groups is 1. The molecule has 122 valence electrons. The van der Waals surface area contributed by atoms with Crippen molar-refractivity contribution in [3.63, 3.8) is 0 Å². The Kier molecular flexibility index (Phi) is 4.75. The smallest absolute Gasteiger partial charge is 0.189 e. The van der Waals surface area contributed by atoms with Crippen molar-refractivity contribution in [2.45, 2.75) is 32.4 Å². The van der Waals surface area contributed by atoms with Crippen LogP contribution in [-0.2, 0) is 13.0 Å². The number of guanidine groups is 1. The quantitative estimate of drug-likeness (QED) is 0.640. The molecule has 0 spiro atoms. The van der Waals surface area contributed by atoms with Crippen molar-refractivity contribution >= 4 is 5.96 Å². The minimum Gasteiger partial charge on any atom is -0.493 e. The minimum atomic E-state index is 0.143. The van der Waals surface area contributed by atoms with E-state index in [9.17, 15) is 0 Å². The zero-order valence-electron chi connectivity index (χ0n) is 13.3. The van der Waals surface area contributed by atoms with Gasteiger partial charge in [0.2, 0.25) is 0 Å². The predicted octanol–water partition coefficient (Wildman–Crippen LogP) is 1.27.